The maximum Gasteiger partial charge on any atom is 0.343 e. The summed E-state index contributed by atoms with van der Waals surface area (Å²) in [6.45, 7) is 9.15. The number of nitrogens with zero attached hydrogens (tertiary/aromatic N) is 6. The van der Waals surface area contributed by atoms with E-state index in [-0.39, 0.29) is 16.4 Å². The van der Waals surface area contributed by atoms with Gasteiger partial charge in [0.1, 0.15) is 5.65 Å². The molecule has 1 fully saturated rings. The minimum Gasteiger partial charge on any atom is -0.369 e. The van der Waals surface area contributed by atoms with E-state index in [0.29, 0.717) is 46.3 Å². The van der Waals surface area contributed by atoms with E-state index in [1.54, 1.807) is 29.0 Å². The Labute approximate surface area is 250 Å². The number of nitrogens with one attached hydrogen (secondary N) is 2. The number of hydrogen-bond acceptors (Lipinski definition) is 9. The molecule has 43 heavy (non-hydrogen) atoms. The summed E-state index contributed by atoms with van der Waals surface area (Å²) < 4.78 is 33.9. The van der Waals surface area contributed by atoms with Gasteiger partial charge in [0.15, 0.2) is 0 Å². The topological polar surface area (TPSA) is 114 Å². The number of anilines is 3. The second-order valence-corrected chi connectivity index (χ2v) is 10.3. The van der Waals surface area contributed by atoms with Crippen molar-refractivity contribution < 1.29 is 13.3 Å². The number of piperazine rings is 1. The molecule has 2 N–H and O–H groups in total. The lowest BCUT2D eigenvalue weighted by molar-refractivity contribution is 0.0163. The molecule has 220 valence electrons. The lowest BCUT2D eigenvalue weighted by atomic mass is 10.0. The number of aromatic nitrogens is 5. The van der Waals surface area contributed by atoms with Crippen molar-refractivity contribution in [2.75, 3.05) is 36.4 Å². The van der Waals surface area contributed by atoms with Crippen LogP contribution in [0.5, 0.6) is 0 Å². The average molecular weight is 605 g/mol. The molecular formula is C30H27ClF2N8O2. The number of fused-ring (bicyclic) bond motifs is 1. The molecule has 13 heteroatoms. The van der Waals surface area contributed by atoms with E-state index in [2.05, 4.69) is 54.4 Å². The van der Waals surface area contributed by atoms with Crippen LogP contribution in [0.2, 0.25) is 5.02 Å². The molecule has 1 saturated heterocycles. The fourth-order valence-electron chi connectivity index (χ4n) is 4.95. The van der Waals surface area contributed by atoms with Gasteiger partial charge in [0.05, 0.1) is 0 Å². The fourth-order valence-corrected chi connectivity index (χ4v) is 5.23. The third-order valence-corrected chi connectivity index (χ3v) is 7.55. The highest BCUT2D eigenvalue weighted by molar-refractivity contribution is 6.33. The maximum absolute atomic E-state index is 13.8. The van der Waals surface area contributed by atoms with Crippen LogP contribution in [0.15, 0.2) is 76.7 Å². The Hall–Kier alpha value is -4.68. The highest BCUT2D eigenvalue weighted by Gasteiger charge is 2.35. The Morgan fingerprint density at radius 1 is 1.12 bits per heavy atom. The molecule has 0 radical (unpaired) electrons. The van der Waals surface area contributed by atoms with Gasteiger partial charge in [-0.25, -0.2) is 4.98 Å². The molecule has 0 amide bonds. The van der Waals surface area contributed by atoms with Gasteiger partial charge in [0, 0.05) is 77.4 Å². The second-order valence-electron chi connectivity index (χ2n) is 9.93. The normalized spacial score (nSPS) is 13.8. The van der Waals surface area contributed by atoms with Gasteiger partial charge < -0.3 is 20.1 Å². The number of hydrogen-bond donors (Lipinski definition) is 2. The molecule has 2 aromatic carbocycles. The minimum absolute atomic E-state index is 0.0682. The molecule has 0 spiro atoms. The number of allylic oxidation sites excluding steroid dienone is 1. The van der Waals surface area contributed by atoms with Crippen molar-refractivity contribution >= 4 is 40.0 Å². The number of aryl methyl sites for hydroxylation is 1. The molecule has 3 aromatic heterocycles. The Kier molecular flexibility index (Phi) is 7.63. The highest BCUT2D eigenvalue weighted by Crippen LogP contribution is 2.33. The summed E-state index contributed by atoms with van der Waals surface area (Å²) in [5.74, 6) is -4.04. The SMILES string of the molecule is C=CC(F)(F)c1nc(-c2ccc(-c3cc4cnc(Nc5ccc(N6CCNCC6)cc5)nc4n(CC)c3=O)c(Cl)c2)no1. The standard InChI is InChI=1S/C30H27ClF2N8O2/c1-3-30(32,33)28-37-25(39-43-28)18-5-10-22(24(31)16-18)23-15-19-17-35-29(38-26(19)41(4-2)27(23)42)36-20-6-8-21(9-7-20)40-13-11-34-12-14-40/h3,5-10,15-17,34H,1,4,11-14H2,2H3,(H,35,36,38). The largest absolute Gasteiger partial charge is 0.369 e. The number of benzene rings is 2. The first-order valence-electron chi connectivity index (χ1n) is 13.7. The van der Waals surface area contributed by atoms with Gasteiger partial charge in [-0.05, 0) is 49.4 Å². The van der Waals surface area contributed by atoms with Gasteiger partial charge >= 0.3 is 11.8 Å². The van der Waals surface area contributed by atoms with E-state index >= 15 is 0 Å². The summed E-state index contributed by atoms with van der Waals surface area (Å²) in [5.41, 5.74) is 3.30. The van der Waals surface area contributed by atoms with E-state index in [9.17, 15) is 13.6 Å². The quantitative estimate of drug-likeness (QED) is 0.218. The van der Waals surface area contributed by atoms with Gasteiger partial charge in [0.2, 0.25) is 11.8 Å². The molecule has 1 aliphatic heterocycles. The summed E-state index contributed by atoms with van der Waals surface area (Å²) in [6, 6.07) is 14.5. The predicted molar refractivity (Wildman–Crippen MR) is 162 cm³/mol. The first-order chi connectivity index (χ1) is 20.8. The number of alkyl halides is 2. The third-order valence-electron chi connectivity index (χ3n) is 7.23. The molecule has 6 rings (SSSR count). The Balaban J connectivity index is 1.28. The van der Waals surface area contributed by atoms with E-state index in [4.69, 9.17) is 16.1 Å². The first kappa shape index (κ1) is 28.4. The van der Waals surface area contributed by atoms with E-state index < -0.39 is 11.8 Å². The van der Waals surface area contributed by atoms with Crippen LogP contribution in [-0.2, 0) is 12.5 Å². The molecule has 0 unspecified atom stereocenters. The molecule has 4 heterocycles. The van der Waals surface area contributed by atoms with Crippen molar-refractivity contribution in [1.82, 2.24) is 30.0 Å². The van der Waals surface area contributed by atoms with Gasteiger partial charge in [-0.2, -0.15) is 18.7 Å². The van der Waals surface area contributed by atoms with Crippen molar-refractivity contribution in [3.8, 4) is 22.5 Å². The predicted octanol–water partition coefficient (Wildman–Crippen LogP) is 5.61. The van der Waals surface area contributed by atoms with Crippen LogP contribution < -0.4 is 21.1 Å². The summed E-state index contributed by atoms with van der Waals surface area (Å²) in [6.07, 6.45) is 2.07. The molecule has 5 aromatic rings. The molecule has 1 aliphatic rings. The van der Waals surface area contributed by atoms with Crippen LogP contribution in [0, 0.1) is 0 Å². The van der Waals surface area contributed by atoms with Crippen LogP contribution >= 0.6 is 11.6 Å². The summed E-state index contributed by atoms with van der Waals surface area (Å²) >= 11 is 6.59. The van der Waals surface area contributed by atoms with Gasteiger partial charge in [-0.15, -0.1) is 0 Å². The van der Waals surface area contributed by atoms with E-state index in [1.165, 1.54) is 6.07 Å². The van der Waals surface area contributed by atoms with Gasteiger partial charge in [0.25, 0.3) is 5.56 Å². The van der Waals surface area contributed by atoms with Crippen molar-refractivity contribution in [2.24, 2.45) is 0 Å². The molecule has 0 bridgehead atoms. The fraction of sp³-hybridized carbons (Fsp3) is 0.233. The van der Waals surface area contributed by atoms with Crippen molar-refractivity contribution in [1.29, 1.82) is 0 Å². The molecule has 0 aliphatic carbocycles. The summed E-state index contributed by atoms with van der Waals surface area (Å²) in [5, 5.41) is 11.1. The average Bonchev–Trinajstić information content (AvgIpc) is 3.54. The van der Waals surface area contributed by atoms with Crippen LogP contribution in [0.4, 0.5) is 26.1 Å². The Morgan fingerprint density at radius 3 is 2.58 bits per heavy atom. The van der Waals surface area contributed by atoms with Crippen molar-refractivity contribution in [2.45, 2.75) is 19.4 Å². The van der Waals surface area contributed by atoms with Gasteiger partial charge in [-0.1, -0.05) is 35.5 Å². The van der Waals surface area contributed by atoms with Gasteiger partial charge in [-0.3, -0.25) is 9.36 Å². The van der Waals surface area contributed by atoms with Crippen LogP contribution in [0.1, 0.15) is 12.8 Å². The number of rotatable bonds is 8. The number of halogens is 3. The zero-order valence-electron chi connectivity index (χ0n) is 23.1. The lowest BCUT2D eigenvalue weighted by Crippen LogP contribution is -2.43. The smallest absolute Gasteiger partial charge is 0.343 e. The maximum atomic E-state index is 13.8. The first-order valence-corrected chi connectivity index (χ1v) is 14.0. The summed E-state index contributed by atoms with van der Waals surface area (Å²) in [7, 11) is 0. The highest BCUT2D eigenvalue weighted by atomic mass is 35.5. The zero-order valence-corrected chi connectivity index (χ0v) is 23.9. The summed E-state index contributed by atoms with van der Waals surface area (Å²) in [4.78, 5) is 28.8. The molecule has 0 atom stereocenters. The van der Waals surface area contributed by atoms with Crippen LogP contribution in [0.25, 0.3) is 33.5 Å². The van der Waals surface area contributed by atoms with Crippen LogP contribution in [0.3, 0.4) is 0 Å². The van der Waals surface area contributed by atoms with Crippen LogP contribution in [-0.4, -0.2) is 50.9 Å². The zero-order chi connectivity index (χ0) is 30.1. The van der Waals surface area contributed by atoms with E-state index in [1.807, 2.05) is 19.1 Å². The van der Waals surface area contributed by atoms with Crippen molar-refractivity contribution in [3.05, 3.63) is 88.6 Å². The van der Waals surface area contributed by atoms with Crippen molar-refractivity contribution in [3.63, 3.8) is 0 Å². The van der Waals surface area contributed by atoms with E-state index in [0.717, 1.165) is 37.6 Å². The molecule has 10 nitrogen and oxygen atoms in total. The second kappa shape index (κ2) is 11.5. The monoisotopic (exact) mass is 604 g/mol. The Bertz CT molecular complexity index is 1870. The third kappa shape index (κ3) is 5.58. The lowest BCUT2D eigenvalue weighted by Gasteiger charge is -2.29. The molecule has 0 saturated carbocycles. The number of pyridine rings is 1. The minimum atomic E-state index is -3.46. The molecular weight excluding hydrogens is 578 g/mol. The Morgan fingerprint density at radius 2 is 1.88 bits per heavy atom.